The highest BCUT2D eigenvalue weighted by Gasteiger charge is 2.52. The molecule has 1 fully saturated rings. The van der Waals surface area contributed by atoms with Crippen molar-refractivity contribution in [3.8, 4) is 5.69 Å². The predicted molar refractivity (Wildman–Crippen MR) is 92.0 cm³/mol. The van der Waals surface area contributed by atoms with E-state index in [0.717, 1.165) is 11.3 Å². The van der Waals surface area contributed by atoms with Crippen molar-refractivity contribution in [2.75, 3.05) is 0 Å². The van der Waals surface area contributed by atoms with E-state index >= 15 is 0 Å². The number of aromatic nitrogens is 2. The first-order valence-electron chi connectivity index (χ1n) is 7.06. The fraction of sp³-hybridized carbons (Fsp3) is 0.400. The Kier molecular flexibility index (Phi) is 3.92. The maximum atomic E-state index is 6.03. The van der Waals surface area contributed by atoms with Crippen molar-refractivity contribution in [3.05, 3.63) is 40.2 Å². The van der Waals surface area contributed by atoms with Crippen LogP contribution < -0.4 is 5.59 Å². The minimum atomic E-state index is -0.477. The average molecular weight is 383 g/mol. The Hall–Kier alpha value is -0.815. The minimum Gasteiger partial charge on any atom is -0.398 e. The molecule has 116 valence electrons. The van der Waals surface area contributed by atoms with Crippen LogP contribution in [0.15, 0.2) is 35.2 Å². The van der Waals surface area contributed by atoms with E-state index in [2.05, 4.69) is 20.9 Å². The van der Waals surface area contributed by atoms with Gasteiger partial charge >= 0.3 is 7.12 Å². The van der Waals surface area contributed by atoms with Crippen LogP contribution in [0.4, 0.5) is 0 Å². The zero-order chi connectivity index (χ0) is 16.1. The maximum Gasteiger partial charge on any atom is 0.516 e. The van der Waals surface area contributed by atoms with Crippen LogP contribution >= 0.6 is 27.5 Å². The highest BCUT2D eigenvalue weighted by molar-refractivity contribution is 9.10. The summed E-state index contributed by atoms with van der Waals surface area (Å²) in [4.78, 5) is 4.52. The van der Waals surface area contributed by atoms with Gasteiger partial charge in [0.25, 0.3) is 0 Å². The molecule has 0 spiro atoms. The second-order valence-electron chi connectivity index (χ2n) is 6.37. The maximum absolute atomic E-state index is 6.03. The van der Waals surface area contributed by atoms with Crippen molar-refractivity contribution in [2.45, 2.75) is 38.9 Å². The summed E-state index contributed by atoms with van der Waals surface area (Å²) in [6.45, 7) is 8.10. The summed E-state index contributed by atoms with van der Waals surface area (Å²) in [7, 11) is -0.477. The molecule has 1 aromatic carbocycles. The number of benzene rings is 1. The summed E-state index contributed by atoms with van der Waals surface area (Å²) in [5.74, 6) is 0. The number of hydrogen-bond donors (Lipinski definition) is 0. The Labute approximate surface area is 144 Å². The summed E-state index contributed by atoms with van der Waals surface area (Å²) < 4.78 is 14.7. The van der Waals surface area contributed by atoms with Gasteiger partial charge in [0.2, 0.25) is 0 Å². The number of rotatable bonds is 2. The summed E-state index contributed by atoms with van der Waals surface area (Å²) >= 11 is 9.42. The zero-order valence-electron chi connectivity index (χ0n) is 12.9. The summed E-state index contributed by atoms with van der Waals surface area (Å²) in [6, 6.07) is 7.56. The van der Waals surface area contributed by atoms with E-state index in [1.165, 1.54) is 0 Å². The molecule has 0 N–H and O–H groups in total. The molecule has 0 saturated carbocycles. The Morgan fingerprint density at radius 3 is 2.18 bits per heavy atom. The second-order valence-corrected chi connectivity index (χ2v) is 7.52. The van der Waals surface area contributed by atoms with Crippen LogP contribution in [-0.4, -0.2) is 27.9 Å². The topological polar surface area (TPSA) is 36.3 Å². The van der Waals surface area contributed by atoms with Gasteiger partial charge in [-0.25, -0.2) is 4.98 Å². The lowest BCUT2D eigenvalue weighted by Gasteiger charge is -2.32. The number of imidazole rings is 1. The highest BCUT2D eigenvalue weighted by atomic mass is 79.9. The molecule has 0 radical (unpaired) electrons. The number of hydrogen-bond acceptors (Lipinski definition) is 3. The van der Waals surface area contributed by atoms with E-state index in [9.17, 15) is 0 Å². The first-order chi connectivity index (χ1) is 10.2. The van der Waals surface area contributed by atoms with Gasteiger partial charge in [-0.05, 0) is 67.9 Å². The van der Waals surface area contributed by atoms with Gasteiger partial charge in [-0.1, -0.05) is 11.6 Å². The van der Waals surface area contributed by atoms with Crippen molar-refractivity contribution in [1.29, 1.82) is 0 Å². The molecule has 1 aromatic heterocycles. The molecule has 0 unspecified atom stereocenters. The van der Waals surface area contributed by atoms with Crippen molar-refractivity contribution < 1.29 is 9.31 Å². The third kappa shape index (κ3) is 2.73. The van der Waals surface area contributed by atoms with Crippen LogP contribution in [0.25, 0.3) is 5.69 Å². The van der Waals surface area contributed by atoms with E-state index in [1.807, 2.05) is 62.7 Å². The van der Waals surface area contributed by atoms with Crippen molar-refractivity contribution in [3.63, 3.8) is 0 Å². The Balaban J connectivity index is 1.92. The normalized spacial score (nSPS) is 19.6. The fourth-order valence-corrected chi connectivity index (χ4v) is 2.87. The SMILES string of the molecule is CC1(C)OB(c2cn(-c3ccc(Cl)cc3)c(Br)n2)OC1(C)C. The average Bonchev–Trinajstić information content (AvgIpc) is 2.89. The van der Waals surface area contributed by atoms with Gasteiger partial charge in [0.1, 0.15) is 0 Å². The minimum absolute atomic E-state index is 0.381. The second kappa shape index (κ2) is 5.37. The lowest BCUT2D eigenvalue weighted by atomic mass is 9.86. The van der Waals surface area contributed by atoms with E-state index in [-0.39, 0.29) is 11.2 Å². The Morgan fingerprint density at radius 1 is 1.09 bits per heavy atom. The molecule has 0 atom stereocenters. The quantitative estimate of drug-likeness (QED) is 0.744. The van der Waals surface area contributed by atoms with Gasteiger partial charge in [0.15, 0.2) is 4.73 Å². The summed E-state index contributed by atoms with van der Waals surface area (Å²) in [5.41, 5.74) is 0.939. The van der Waals surface area contributed by atoms with Crippen LogP contribution in [0.3, 0.4) is 0 Å². The molecular formula is C15H17BBrClN2O2. The number of halogens is 2. The molecule has 1 aliphatic rings. The molecule has 0 bridgehead atoms. The van der Waals surface area contributed by atoms with Gasteiger partial charge in [0, 0.05) is 16.9 Å². The number of nitrogens with zero attached hydrogens (tertiary/aromatic N) is 2. The predicted octanol–water partition coefficient (Wildman–Crippen LogP) is 3.59. The summed E-state index contributed by atoms with van der Waals surface area (Å²) in [6.07, 6.45) is 1.91. The summed E-state index contributed by atoms with van der Waals surface area (Å²) in [5, 5.41) is 0.700. The van der Waals surface area contributed by atoms with Crippen LogP contribution in [0.2, 0.25) is 5.02 Å². The van der Waals surface area contributed by atoms with Crippen LogP contribution in [-0.2, 0) is 9.31 Å². The molecule has 1 saturated heterocycles. The van der Waals surface area contributed by atoms with Crippen molar-refractivity contribution in [1.82, 2.24) is 9.55 Å². The van der Waals surface area contributed by atoms with Gasteiger partial charge in [-0.2, -0.15) is 0 Å². The molecule has 2 aromatic rings. The molecular weight excluding hydrogens is 366 g/mol. The van der Waals surface area contributed by atoms with Gasteiger partial charge < -0.3 is 9.31 Å². The molecule has 0 aliphatic carbocycles. The standard InChI is InChI=1S/C15H17BBrClN2O2/c1-14(2)15(3,4)22-16(21-14)12-9-20(13(17)19-12)11-7-5-10(18)6-8-11/h5-9H,1-4H3. The lowest BCUT2D eigenvalue weighted by Crippen LogP contribution is -2.41. The Bertz CT molecular complexity index is 684. The highest BCUT2D eigenvalue weighted by Crippen LogP contribution is 2.36. The molecule has 3 rings (SSSR count). The van der Waals surface area contributed by atoms with Crippen LogP contribution in [0.1, 0.15) is 27.7 Å². The van der Waals surface area contributed by atoms with E-state index in [1.54, 1.807) is 0 Å². The van der Waals surface area contributed by atoms with E-state index in [4.69, 9.17) is 20.9 Å². The molecule has 2 heterocycles. The third-order valence-corrected chi connectivity index (χ3v) is 5.09. The lowest BCUT2D eigenvalue weighted by molar-refractivity contribution is 0.00578. The van der Waals surface area contributed by atoms with Gasteiger partial charge in [0.05, 0.1) is 16.8 Å². The zero-order valence-corrected chi connectivity index (χ0v) is 15.3. The van der Waals surface area contributed by atoms with E-state index in [0.29, 0.717) is 9.76 Å². The van der Waals surface area contributed by atoms with Crippen molar-refractivity contribution in [2.24, 2.45) is 0 Å². The van der Waals surface area contributed by atoms with Crippen LogP contribution in [0.5, 0.6) is 0 Å². The molecule has 4 nitrogen and oxygen atoms in total. The Morgan fingerprint density at radius 2 is 1.64 bits per heavy atom. The molecule has 22 heavy (non-hydrogen) atoms. The first kappa shape index (κ1) is 16.1. The van der Waals surface area contributed by atoms with Crippen molar-refractivity contribution >= 4 is 40.2 Å². The largest absolute Gasteiger partial charge is 0.516 e. The molecule has 1 aliphatic heterocycles. The third-order valence-electron chi connectivity index (χ3n) is 4.28. The van der Waals surface area contributed by atoms with Crippen LogP contribution in [0, 0.1) is 0 Å². The molecule has 0 amide bonds. The molecule has 7 heteroatoms. The van der Waals surface area contributed by atoms with Gasteiger partial charge in [-0.15, -0.1) is 0 Å². The fourth-order valence-electron chi connectivity index (χ4n) is 2.23. The monoisotopic (exact) mass is 382 g/mol. The van der Waals surface area contributed by atoms with Gasteiger partial charge in [-0.3, -0.25) is 4.57 Å². The smallest absolute Gasteiger partial charge is 0.398 e. The van der Waals surface area contributed by atoms with E-state index < -0.39 is 7.12 Å². The first-order valence-corrected chi connectivity index (χ1v) is 8.23.